The van der Waals surface area contributed by atoms with Gasteiger partial charge in [0, 0.05) is 0 Å². The molecular weight excluding hydrogens is 214 g/mol. The van der Waals surface area contributed by atoms with E-state index < -0.39 is 0 Å². The Kier molecular flexibility index (Phi) is 39.9. The molecule has 1 aliphatic carbocycles. The van der Waals surface area contributed by atoms with Crippen LogP contribution < -0.4 is 37.2 Å². The van der Waals surface area contributed by atoms with E-state index >= 15 is 0 Å². The summed E-state index contributed by atoms with van der Waals surface area (Å²) in [4.78, 5) is 0. The Morgan fingerprint density at radius 3 is 1.89 bits per heavy atom. The second-order valence-electron chi connectivity index (χ2n) is 0.854. The van der Waals surface area contributed by atoms with Gasteiger partial charge < -0.3 is 48.7 Å². The normalized spacial score (nSPS) is 8.00. The maximum Gasteiger partial charge on any atom is 4.00 e. The van der Waals surface area contributed by atoms with Crippen LogP contribution in [-0.4, -0.2) is 0 Å². The smallest absolute Gasteiger partial charge is 1.00 e. The third kappa shape index (κ3) is 12.2. The van der Waals surface area contributed by atoms with E-state index in [-0.39, 0.29) is 58.9 Å². The first-order chi connectivity index (χ1) is 2.50. The molecule has 0 aliphatic heterocycles. The van der Waals surface area contributed by atoms with Gasteiger partial charge in [0.05, 0.1) is 0 Å². The van der Waals surface area contributed by atoms with E-state index in [0.717, 1.165) is 6.42 Å². The average molecular weight is 217 g/mol. The van der Waals surface area contributed by atoms with Crippen LogP contribution in [0.2, 0.25) is 0 Å². The summed E-state index contributed by atoms with van der Waals surface area (Å²) in [5.41, 5.74) is 5.40. The van der Waals surface area contributed by atoms with Gasteiger partial charge in [0.1, 0.15) is 0 Å². The van der Waals surface area contributed by atoms with Gasteiger partial charge in [0.2, 0.25) is 0 Å². The zero-order valence-corrected chi connectivity index (χ0v) is 8.25. The van der Waals surface area contributed by atoms with Gasteiger partial charge in [-0.3, -0.25) is 0 Å². The van der Waals surface area contributed by atoms with E-state index in [4.69, 9.17) is 0 Å². The molecule has 9 heavy (non-hydrogen) atoms. The molecular formula is C5H3Cl3Ti. The van der Waals surface area contributed by atoms with E-state index in [9.17, 15) is 0 Å². The van der Waals surface area contributed by atoms with E-state index in [1.807, 2.05) is 6.08 Å². The zero-order valence-electron chi connectivity index (χ0n) is 4.42. The summed E-state index contributed by atoms with van der Waals surface area (Å²) in [6.07, 6.45) is 5.60. The molecule has 0 nitrogen and oxygen atoms in total. The quantitative estimate of drug-likeness (QED) is 0.215. The van der Waals surface area contributed by atoms with Gasteiger partial charge in [-0.2, -0.15) is 0 Å². The largest absolute Gasteiger partial charge is 4.00 e. The molecule has 0 atom stereocenters. The third-order valence-corrected chi connectivity index (χ3v) is 0.467. The number of hydrogen-bond donors (Lipinski definition) is 0. The number of allylic oxidation sites excluding steroid dienone is 2. The number of hydrogen-bond acceptors (Lipinski definition) is 0. The molecule has 0 spiro atoms. The summed E-state index contributed by atoms with van der Waals surface area (Å²) >= 11 is 0. The Hall–Kier alpha value is 0.884. The molecule has 0 bridgehead atoms. The summed E-state index contributed by atoms with van der Waals surface area (Å²) in [6.45, 7) is 0. The molecule has 0 aromatic rings. The Morgan fingerprint density at radius 1 is 1.22 bits per heavy atom. The van der Waals surface area contributed by atoms with Crippen molar-refractivity contribution < 1.29 is 58.9 Å². The molecule has 1 aliphatic rings. The molecule has 0 radical (unpaired) electrons. The molecule has 0 N–H and O–H groups in total. The van der Waals surface area contributed by atoms with Gasteiger partial charge >= 0.3 is 21.7 Å². The van der Waals surface area contributed by atoms with Gasteiger partial charge in [0.15, 0.2) is 0 Å². The Balaban J connectivity index is -0.0000000312. The van der Waals surface area contributed by atoms with Crippen LogP contribution in [0.1, 0.15) is 6.42 Å². The molecule has 0 aromatic carbocycles. The van der Waals surface area contributed by atoms with Crippen molar-refractivity contribution in [3.05, 3.63) is 23.6 Å². The molecule has 0 heterocycles. The van der Waals surface area contributed by atoms with Crippen molar-refractivity contribution in [3.63, 3.8) is 0 Å². The summed E-state index contributed by atoms with van der Waals surface area (Å²) in [6, 6.07) is 0. The van der Waals surface area contributed by atoms with Crippen LogP contribution >= 0.6 is 0 Å². The van der Waals surface area contributed by atoms with Crippen LogP contribution in [0.5, 0.6) is 0 Å². The van der Waals surface area contributed by atoms with Gasteiger partial charge in [-0.15, -0.1) is 6.08 Å². The SMILES string of the molecule is C1=C=CC[C-]=1.[Cl-].[Cl-].[Cl-].[Ti+4]. The zero-order chi connectivity index (χ0) is 3.54. The molecule has 0 saturated carbocycles. The predicted octanol–water partition coefficient (Wildman–Crippen LogP) is -7.93. The monoisotopic (exact) mass is 216 g/mol. The molecule has 4 heteroatoms. The van der Waals surface area contributed by atoms with Crippen molar-refractivity contribution in [2.75, 3.05) is 0 Å². The molecule has 0 saturated heterocycles. The number of halogens is 3. The summed E-state index contributed by atoms with van der Waals surface area (Å²) in [5.74, 6) is 0. The first kappa shape index (κ1) is 22.5. The van der Waals surface area contributed by atoms with Crippen molar-refractivity contribution in [2.45, 2.75) is 6.42 Å². The van der Waals surface area contributed by atoms with Crippen LogP contribution in [0, 0.1) is 6.08 Å². The first-order valence-electron chi connectivity index (χ1n) is 1.55. The fraction of sp³-hybridized carbons (Fsp3) is 0.200. The molecule has 0 aromatic heterocycles. The summed E-state index contributed by atoms with van der Waals surface area (Å²) < 4.78 is 0. The van der Waals surface area contributed by atoms with Crippen molar-refractivity contribution >= 4 is 0 Å². The molecule has 0 fully saturated rings. The van der Waals surface area contributed by atoms with Crippen molar-refractivity contribution in [3.8, 4) is 0 Å². The van der Waals surface area contributed by atoms with Crippen LogP contribution in [0.4, 0.5) is 0 Å². The van der Waals surface area contributed by atoms with Gasteiger partial charge in [-0.05, 0) is 0 Å². The van der Waals surface area contributed by atoms with Crippen molar-refractivity contribution in [2.24, 2.45) is 0 Å². The Bertz CT molecular complexity index is 106. The summed E-state index contributed by atoms with van der Waals surface area (Å²) in [7, 11) is 0. The predicted molar refractivity (Wildman–Crippen MR) is 19.5 cm³/mol. The molecule has 0 amide bonds. The second-order valence-corrected chi connectivity index (χ2v) is 0.854. The Labute approximate surface area is 88.6 Å². The van der Waals surface area contributed by atoms with Crippen LogP contribution in [0.3, 0.4) is 0 Å². The molecule has 0 unspecified atom stereocenters. The topological polar surface area (TPSA) is 0 Å². The first-order valence-corrected chi connectivity index (χ1v) is 1.55. The van der Waals surface area contributed by atoms with Crippen molar-refractivity contribution in [1.82, 2.24) is 0 Å². The molecule has 1 rings (SSSR count). The van der Waals surface area contributed by atoms with Gasteiger partial charge in [-0.25, -0.2) is 6.08 Å². The van der Waals surface area contributed by atoms with E-state index in [2.05, 4.69) is 17.5 Å². The third-order valence-electron chi connectivity index (χ3n) is 0.467. The fourth-order valence-electron chi connectivity index (χ4n) is 0.255. The molecule has 48 valence electrons. The average Bonchev–Trinajstić information content (AvgIpc) is 1.76. The maximum atomic E-state index is 2.81. The second kappa shape index (κ2) is 15.9. The van der Waals surface area contributed by atoms with E-state index in [1.165, 1.54) is 0 Å². The van der Waals surface area contributed by atoms with Gasteiger partial charge in [-0.1, -0.05) is 6.42 Å². The standard InChI is InChI=1S/C5H3.3ClH.Ti/c1-2-4-5-3-1;;;;/h1H,2H2;3*1H;/q-1;;;;+4/p-3. The van der Waals surface area contributed by atoms with Crippen LogP contribution in [-0.2, 0) is 21.7 Å². The summed E-state index contributed by atoms with van der Waals surface area (Å²) in [5, 5.41) is 0. The van der Waals surface area contributed by atoms with Crippen LogP contribution in [0.25, 0.3) is 0 Å². The minimum atomic E-state index is 0. The van der Waals surface area contributed by atoms with E-state index in [0.29, 0.717) is 0 Å². The number of rotatable bonds is 0. The maximum absolute atomic E-state index is 2.81. The minimum absolute atomic E-state index is 0. The van der Waals surface area contributed by atoms with E-state index in [1.54, 1.807) is 0 Å². The van der Waals surface area contributed by atoms with Gasteiger partial charge in [0.25, 0.3) is 0 Å². The van der Waals surface area contributed by atoms with Crippen LogP contribution in [0.15, 0.2) is 17.5 Å². The minimum Gasteiger partial charge on any atom is -1.00 e. The fourth-order valence-corrected chi connectivity index (χ4v) is 0.255. The van der Waals surface area contributed by atoms with Crippen molar-refractivity contribution in [1.29, 1.82) is 0 Å². The Morgan fingerprint density at radius 2 is 1.78 bits per heavy atom.